The van der Waals surface area contributed by atoms with Crippen LogP contribution in [0.2, 0.25) is 0 Å². The highest BCUT2D eigenvalue weighted by Crippen LogP contribution is 1.92. The van der Waals surface area contributed by atoms with Crippen molar-refractivity contribution in [1.29, 1.82) is 0 Å². The Kier molecular flexibility index (Phi) is 5.93. The lowest BCUT2D eigenvalue weighted by molar-refractivity contribution is 0.712. The van der Waals surface area contributed by atoms with Gasteiger partial charge in [0.25, 0.3) is 0 Å². The Bertz CT molecular complexity index is 52.0. The Labute approximate surface area is 48.0 Å². The minimum absolute atomic E-state index is 0.548. The molecule has 0 spiro atoms. The van der Waals surface area contributed by atoms with Gasteiger partial charge in [0, 0.05) is 5.88 Å². The number of hydrogen-bond donors (Lipinski definition) is 0. The molecule has 0 aromatic carbocycles. The maximum Gasteiger partial charge on any atom is 0.0827 e. The van der Waals surface area contributed by atoms with E-state index in [9.17, 15) is 4.39 Å². The van der Waals surface area contributed by atoms with Gasteiger partial charge in [0.1, 0.15) is 0 Å². The number of rotatable bonds is 3. The van der Waals surface area contributed by atoms with Crippen molar-refractivity contribution in [3.05, 3.63) is 12.4 Å². The fourth-order valence-corrected chi connectivity index (χ4v) is 0.412. The lowest BCUT2D eigenvalue weighted by atomic mass is 10.3. The van der Waals surface area contributed by atoms with Crippen LogP contribution in [0.3, 0.4) is 0 Å². The SMILES string of the molecule is FC=CCCCCl. The third-order valence-electron chi connectivity index (χ3n) is 0.594. The van der Waals surface area contributed by atoms with E-state index in [0.29, 0.717) is 12.2 Å². The zero-order valence-corrected chi connectivity index (χ0v) is 4.79. The van der Waals surface area contributed by atoms with Crippen molar-refractivity contribution in [2.45, 2.75) is 12.8 Å². The zero-order chi connectivity index (χ0) is 5.54. The summed E-state index contributed by atoms with van der Waals surface area (Å²) in [6.07, 6.45) is 3.62. The first kappa shape index (κ1) is 6.96. The summed E-state index contributed by atoms with van der Waals surface area (Å²) < 4.78 is 11.1. The van der Waals surface area contributed by atoms with Gasteiger partial charge in [-0.2, -0.15) is 0 Å². The van der Waals surface area contributed by atoms with Crippen molar-refractivity contribution in [1.82, 2.24) is 0 Å². The predicted octanol–water partition coefficient (Wildman–Crippen LogP) is 2.49. The highest BCUT2D eigenvalue weighted by molar-refractivity contribution is 6.17. The van der Waals surface area contributed by atoms with Crippen molar-refractivity contribution in [2.24, 2.45) is 0 Å². The van der Waals surface area contributed by atoms with Crippen LogP contribution in [0.15, 0.2) is 12.4 Å². The quantitative estimate of drug-likeness (QED) is 0.399. The van der Waals surface area contributed by atoms with Crippen LogP contribution in [0.25, 0.3) is 0 Å². The predicted molar refractivity (Wildman–Crippen MR) is 30.2 cm³/mol. The molecule has 0 unspecified atom stereocenters. The van der Waals surface area contributed by atoms with E-state index in [2.05, 4.69) is 0 Å². The molecule has 42 valence electrons. The second-order valence-corrected chi connectivity index (χ2v) is 1.57. The minimum atomic E-state index is 0.548. The van der Waals surface area contributed by atoms with Gasteiger partial charge in [-0.1, -0.05) is 6.08 Å². The molecule has 0 aromatic heterocycles. The van der Waals surface area contributed by atoms with Crippen molar-refractivity contribution in [2.75, 3.05) is 5.88 Å². The van der Waals surface area contributed by atoms with Gasteiger partial charge >= 0.3 is 0 Å². The van der Waals surface area contributed by atoms with Crippen LogP contribution < -0.4 is 0 Å². The highest BCUT2D eigenvalue weighted by Gasteiger charge is 1.75. The van der Waals surface area contributed by atoms with Crippen LogP contribution in [0, 0.1) is 0 Å². The smallest absolute Gasteiger partial charge is 0.0827 e. The van der Waals surface area contributed by atoms with Crippen molar-refractivity contribution < 1.29 is 4.39 Å². The van der Waals surface area contributed by atoms with E-state index in [4.69, 9.17) is 11.6 Å². The lowest BCUT2D eigenvalue weighted by Gasteiger charge is -1.81. The monoisotopic (exact) mass is 122 g/mol. The normalized spacial score (nSPS) is 10.6. The first-order chi connectivity index (χ1) is 3.41. The highest BCUT2D eigenvalue weighted by atomic mass is 35.5. The van der Waals surface area contributed by atoms with Crippen LogP contribution in [0.4, 0.5) is 4.39 Å². The summed E-state index contributed by atoms with van der Waals surface area (Å²) in [5, 5.41) is 0. The molecule has 0 rings (SSSR count). The summed E-state index contributed by atoms with van der Waals surface area (Å²) in [7, 11) is 0. The molecular formula is C5H8ClF. The van der Waals surface area contributed by atoms with Crippen LogP contribution >= 0.6 is 11.6 Å². The Morgan fingerprint density at radius 3 is 2.71 bits per heavy atom. The largest absolute Gasteiger partial charge is 0.216 e. The van der Waals surface area contributed by atoms with Gasteiger partial charge in [-0.25, -0.2) is 4.39 Å². The Morgan fingerprint density at radius 2 is 2.29 bits per heavy atom. The van der Waals surface area contributed by atoms with E-state index in [0.717, 1.165) is 12.8 Å². The standard InChI is InChI=1S/C5H8ClF/c6-4-2-1-3-5-7/h3,5H,1-2,4H2. The molecule has 0 bridgehead atoms. The molecule has 0 aliphatic rings. The van der Waals surface area contributed by atoms with Crippen LogP contribution in [0.5, 0.6) is 0 Å². The van der Waals surface area contributed by atoms with E-state index in [1.165, 1.54) is 6.08 Å². The number of unbranched alkanes of at least 4 members (excludes halogenated alkanes) is 1. The molecule has 0 nitrogen and oxygen atoms in total. The van der Waals surface area contributed by atoms with Gasteiger partial charge < -0.3 is 0 Å². The molecule has 2 heteroatoms. The fourth-order valence-electron chi connectivity index (χ4n) is 0.258. The van der Waals surface area contributed by atoms with Crippen molar-refractivity contribution in [3.8, 4) is 0 Å². The molecule has 0 heterocycles. The first-order valence-electron chi connectivity index (χ1n) is 2.23. The number of hydrogen-bond acceptors (Lipinski definition) is 0. The summed E-state index contributed by atoms with van der Waals surface area (Å²) >= 11 is 5.28. The van der Waals surface area contributed by atoms with Crippen LogP contribution in [-0.2, 0) is 0 Å². The second-order valence-electron chi connectivity index (χ2n) is 1.19. The zero-order valence-electron chi connectivity index (χ0n) is 4.03. The average Bonchev–Trinajstić information content (AvgIpc) is 1.69. The lowest BCUT2D eigenvalue weighted by Crippen LogP contribution is -1.68. The molecule has 0 saturated carbocycles. The van der Waals surface area contributed by atoms with E-state index in [1.807, 2.05) is 0 Å². The van der Waals surface area contributed by atoms with Gasteiger partial charge in [0.05, 0.1) is 6.33 Å². The average molecular weight is 123 g/mol. The summed E-state index contributed by atoms with van der Waals surface area (Å²) in [6.45, 7) is 0. The third-order valence-corrected chi connectivity index (χ3v) is 0.861. The fraction of sp³-hybridized carbons (Fsp3) is 0.600. The van der Waals surface area contributed by atoms with Gasteiger partial charge in [0.15, 0.2) is 0 Å². The number of halogens is 2. The molecule has 7 heavy (non-hydrogen) atoms. The maximum absolute atomic E-state index is 11.1. The van der Waals surface area contributed by atoms with Gasteiger partial charge in [-0.05, 0) is 12.8 Å². The molecule has 0 fully saturated rings. The molecule has 0 aliphatic heterocycles. The molecule has 0 aliphatic carbocycles. The summed E-state index contributed by atoms with van der Waals surface area (Å²) in [6, 6.07) is 0. The van der Waals surface area contributed by atoms with Crippen molar-refractivity contribution in [3.63, 3.8) is 0 Å². The van der Waals surface area contributed by atoms with Crippen LogP contribution in [0.1, 0.15) is 12.8 Å². The summed E-state index contributed by atoms with van der Waals surface area (Å²) in [5.74, 6) is 0.615. The number of allylic oxidation sites excluding steroid dienone is 1. The minimum Gasteiger partial charge on any atom is -0.216 e. The molecule has 0 aromatic rings. The Hall–Kier alpha value is -0.0400. The summed E-state index contributed by atoms with van der Waals surface area (Å²) in [4.78, 5) is 0. The second kappa shape index (κ2) is 5.96. The first-order valence-corrected chi connectivity index (χ1v) is 2.76. The van der Waals surface area contributed by atoms with Gasteiger partial charge in [-0.3, -0.25) is 0 Å². The molecule has 0 amide bonds. The van der Waals surface area contributed by atoms with E-state index in [1.54, 1.807) is 0 Å². The van der Waals surface area contributed by atoms with E-state index < -0.39 is 0 Å². The number of alkyl halides is 1. The molecular weight excluding hydrogens is 115 g/mol. The Balaban J connectivity index is 2.69. The molecule has 0 atom stereocenters. The maximum atomic E-state index is 11.1. The Morgan fingerprint density at radius 1 is 1.57 bits per heavy atom. The third kappa shape index (κ3) is 5.96. The van der Waals surface area contributed by atoms with Gasteiger partial charge in [0.2, 0.25) is 0 Å². The molecule has 0 radical (unpaired) electrons. The van der Waals surface area contributed by atoms with E-state index in [-0.39, 0.29) is 0 Å². The molecule has 0 N–H and O–H groups in total. The van der Waals surface area contributed by atoms with Crippen molar-refractivity contribution >= 4 is 11.6 Å². The summed E-state index contributed by atoms with van der Waals surface area (Å²) in [5.41, 5.74) is 0. The van der Waals surface area contributed by atoms with Gasteiger partial charge in [-0.15, -0.1) is 11.6 Å². The molecule has 0 saturated heterocycles. The topological polar surface area (TPSA) is 0 Å². The van der Waals surface area contributed by atoms with E-state index >= 15 is 0 Å². The van der Waals surface area contributed by atoms with Crippen LogP contribution in [-0.4, -0.2) is 5.88 Å².